The maximum Gasteiger partial charge on any atom is 0.256 e. The molecule has 2 aromatic rings. The number of anilines is 1. The van der Waals surface area contributed by atoms with E-state index in [2.05, 4.69) is 24.4 Å². The second kappa shape index (κ2) is 5.44. The van der Waals surface area contributed by atoms with Crippen LogP contribution in [0.25, 0.3) is 11.6 Å². The number of carbonyl (C=O) groups excluding carboxylic acids is 1. The van der Waals surface area contributed by atoms with Crippen molar-refractivity contribution >= 4 is 23.2 Å². The standard InChI is InChI=1S/C18H17NO2/c1-3-12-4-6-13(7-5-12)10-16-15-9-8-14(21-2)11-17(15)19-18(16)20/h4-11H,3H2,1-2H3,(H,19,20). The fourth-order valence-corrected chi connectivity index (χ4v) is 2.46. The molecule has 0 atom stereocenters. The molecule has 1 aliphatic heterocycles. The summed E-state index contributed by atoms with van der Waals surface area (Å²) in [5.74, 6) is 0.667. The van der Waals surface area contributed by atoms with Gasteiger partial charge in [-0.1, -0.05) is 31.2 Å². The minimum absolute atomic E-state index is 0.0715. The van der Waals surface area contributed by atoms with Crippen LogP contribution in [0.3, 0.4) is 0 Å². The average molecular weight is 279 g/mol. The Hall–Kier alpha value is -2.55. The summed E-state index contributed by atoms with van der Waals surface area (Å²) < 4.78 is 5.18. The van der Waals surface area contributed by atoms with Crippen LogP contribution >= 0.6 is 0 Å². The van der Waals surface area contributed by atoms with Gasteiger partial charge in [0.15, 0.2) is 0 Å². The van der Waals surface area contributed by atoms with Crippen molar-refractivity contribution in [2.75, 3.05) is 12.4 Å². The Balaban J connectivity index is 1.99. The van der Waals surface area contributed by atoms with Gasteiger partial charge in [0, 0.05) is 17.2 Å². The third-order valence-electron chi connectivity index (χ3n) is 3.71. The Kier molecular flexibility index (Phi) is 3.48. The van der Waals surface area contributed by atoms with Gasteiger partial charge in [0.25, 0.3) is 5.91 Å². The number of hydrogen-bond acceptors (Lipinski definition) is 2. The van der Waals surface area contributed by atoms with Gasteiger partial charge in [-0.2, -0.15) is 0 Å². The van der Waals surface area contributed by atoms with E-state index in [1.807, 2.05) is 36.4 Å². The van der Waals surface area contributed by atoms with Crippen molar-refractivity contribution in [2.24, 2.45) is 0 Å². The lowest BCUT2D eigenvalue weighted by Gasteiger charge is -2.03. The Bertz CT molecular complexity index is 714. The second-order valence-corrected chi connectivity index (χ2v) is 5.02. The fourth-order valence-electron chi connectivity index (χ4n) is 2.46. The lowest BCUT2D eigenvalue weighted by Crippen LogP contribution is -2.03. The van der Waals surface area contributed by atoms with E-state index in [1.165, 1.54) is 5.56 Å². The first-order valence-electron chi connectivity index (χ1n) is 7.01. The molecule has 0 fully saturated rings. The van der Waals surface area contributed by atoms with Crippen LogP contribution in [-0.4, -0.2) is 13.0 Å². The van der Waals surface area contributed by atoms with Crippen molar-refractivity contribution in [3.8, 4) is 5.75 Å². The summed E-state index contributed by atoms with van der Waals surface area (Å²) >= 11 is 0. The number of methoxy groups -OCH3 is 1. The SMILES string of the molecule is CCc1ccc(C=C2C(=O)Nc3cc(OC)ccc32)cc1. The van der Waals surface area contributed by atoms with Crippen LogP contribution < -0.4 is 10.1 Å². The Labute approximate surface area is 124 Å². The molecule has 1 amide bonds. The van der Waals surface area contributed by atoms with Crippen molar-refractivity contribution in [2.45, 2.75) is 13.3 Å². The fraction of sp³-hybridized carbons (Fsp3) is 0.167. The molecule has 0 radical (unpaired) electrons. The number of amides is 1. The minimum atomic E-state index is -0.0715. The number of hydrogen-bond donors (Lipinski definition) is 1. The molecule has 0 saturated carbocycles. The van der Waals surface area contributed by atoms with Crippen LogP contribution in [0.4, 0.5) is 5.69 Å². The predicted octanol–water partition coefficient (Wildman–Crippen LogP) is 3.75. The number of rotatable bonds is 3. The molecule has 106 valence electrons. The van der Waals surface area contributed by atoms with E-state index in [1.54, 1.807) is 7.11 Å². The summed E-state index contributed by atoms with van der Waals surface area (Å²) in [5.41, 5.74) is 4.73. The minimum Gasteiger partial charge on any atom is -0.497 e. The lowest BCUT2D eigenvalue weighted by atomic mass is 10.0. The van der Waals surface area contributed by atoms with E-state index in [0.29, 0.717) is 5.57 Å². The summed E-state index contributed by atoms with van der Waals surface area (Å²) in [6.07, 6.45) is 2.94. The van der Waals surface area contributed by atoms with Crippen LogP contribution in [-0.2, 0) is 11.2 Å². The molecular weight excluding hydrogens is 262 g/mol. The number of aryl methyl sites for hydroxylation is 1. The molecule has 0 bridgehead atoms. The molecule has 3 heteroatoms. The molecule has 2 aromatic carbocycles. The van der Waals surface area contributed by atoms with Crippen LogP contribution in [0.2, 0.25) is 0 Å². The molecule has 0 aromatic heterocycles. The van der Waals surface area contributed by atoms with E-state index in [4.69, 9.17) is 4.74 Å². The Morgan fingerprint density at radius 1 is 1.14 bits per heavy atom. The highest BCUT2D eigenvalue weighted by atomic mass is 16.5. The number of nitrogens with one attached hydrogen (secondary N) is 1. The number of benzene rings is 2. The molecule has 1 aliphatic rings. The highest BCUT2D eigenvalue weighted by Crippen LogP contribution is 2.35. The van der Waals surface area contributed by atoms with Crippen molar-refractivity contribution in [3.05, 3.63) is 59.2 Å². The van der Waals surface area contributed by atoms with E-state index in [0.717, 1.165) is 29.0 Å². The molecule has 0 spiro atoms. The molecule has 0 aliphatic carbocycles. The van der Waals surface area contributed by atoms with Crippen molar-refractivity contribution < 1.29 is 9.53 Å². The van der Waals surface area contributed by atoms with Crippen molar-refractivity contribution in [3.63, 3.8) is 0 Å². The molecule has 1 N–H and O–H groups in total. The highest BCUT2D eigenvalue weighted by Gasteiger charge is 2.24. The molecule has 21 heavy (non-hydrogen) atoms. The van der Waals surface area contributed by atoms with Gasteiger partial charge in [0.1, 0.15) is 5.75 Å². The molecule has 0 unspecified atom stereocenters. The zero-order valence-corrected chi connectivity index (χ0v) is 12.1. The van der Waals surface area contributed by atoms with Crippen LogP contribution in [0.15, 0.2) is 42.5 Å². The lowest BCUT2D eigenvalue weighted by molar-refractivity contribution is -0.110. The average Bonchev–Trinajstić information content (AvgIpc) is 2.83. The normalized spacial score (nSPS) is 15.0. The third-order valence-corrected chi connectivity index (χ3v) is 3.71. The van der Waals surface area contributed by atoms with E-state index < -0.39 is 0 Å². The van der Waals surface area contributed by atoms with Gasteiger partial charge in [0.05, 0.1) is 12.8 Å². The molecule has 0 saturated heterocycles. The van der Waals surface area contributed by atoms with Crippen LogP contribution in [0.5, 0.6) is 5.75 Å². The second-order valence-electron chi connectivity index (χ2n) is 5.02. The highest BCUT2D eigenvalue weighted by molar-refractivity contribution is 6.35. The summed E-state index contributed by atoms with van der Waals surface area (Å²) in [6, 6.07) is 13.9. The largest absolute Gasteiger partial charge is 0.497 e. The smallest absolute Gasteiger partial charge is 0.256 e. The number of carbonyl (C=O) groups is 1. The van der Waals surface area contributed by atoms with Crippen molar-refractivity contribution in [1.29, 1.82) is 0 Å². The summed E-state index contributed by atoms with van der Waals surface area (Å²) in [6.45, 7) is 2.13. The topological polar surface area (TPSA) is 38.3 Å². The molecular formula is C18H17NO2. The van der Waals surface area contributed by atoms with Gasteiger partial charge in [-0.05, 0) is 35.8 Å². The Morgan fingerprint density at radius 3 is 2.57 bits per heavy atom. The number of ether oxygens (including phenoxy) is 1. The molecule has 3 nitrogen and oxygen atoms in total. The van der Waals surface area contributed by atoms with Gasteiger partial charge in [-0.15, -0.1) is 0 Å². The maximum absolute atomic E-state index is 12.1. The van der Waals surface area contributed by atoms with Gasteiger partial charge >= 0.3 is 0 Å². The van der Waals surface area contributed by atoms with Gasteiger partial charge < -0.3 is 10.1 Å². The first-order valence-corrected chi connectivity index (χ1v) is 7.01. The van der Waals surface area contributed by atoms with Crippen LogP contribution in [0.1, 0.15) is 23.6 Å². The molecule has 1 heterocycles. The van der Waals surface area contributed by atoms with Gasteiger partial charge in [0.2, 0.25) is 0 Å². The monoisotopic (exact) mass is 279 g/mol. The van der Waals surface area contributed by atoms with Gasteiger partial charge in [-0.25, -0.2) is 0 Å². The van der Waals surface area contributed by atoms with Crippen LogP contribution in [0, 0.1) is 0 Å². The molecule has 3 rings (SSSR count). The maximum atomic E-state index is 12.1. The van der Waals surface area contributed by atoms with Gasteiger partial charge in [-0.3, -0.25) is 4.79 Å². The van der Waals surface area contributed by atoms with E-state index >= 15 is 0 Å². The van der Waals surface area contributed by atoms with Crippen molar-refractivity contribution in [1.82, 2.24) is 0 Å². The summed E-state index contributed by atoms with van der Waals surface area (Å²) in [5, 5.41) is 2.88. The first-order chi connectivity index (χ1) is 10.2. The van der Waals surface area contributed by atoms with E-state index in [-0.39, 0.29) is 5.91 Å². The summed E-state index contributed by atoms with van der Waals surface area (Å²) in [4.78, 5) is 12.1. The predicted molar refractivity (Wildman–Crippen MR) is 85.3 cm³/mol. The number of fused-ring (bicyclic) bond motifs is 1. The Morgan fingerprint density at radius 2 is 1.90 bits per heavy atom. The van der Waals surface area contributed by atoms with E-state index in [9.17, 15) is 4.79 Å². The summed E-state index contributed by atoms with van der Waals surface area (Å²) in [7, 11) is 1.62. The zero-order valence-electron chi connectivity index (χ0n) is 12.1. The zero-order chi connectivity index (χ0) is 14.8. The third kappa shape index (κ3) is 2.55. The quantitative estimate of drug-likeness (QED) is 0.869. The first kappa shape index (κ1) is 13.4.